The molecule has 0 saturated heterocycles. The maximum absolute atomic E-state index is 9.43. The van der Waals surface area contributed by atoms with Gasteiger partial charge >= 0.3 is 0 Å². The highest BCUT2D eigenvalue weighted by Crippen LogP contribution is 2.24. The Labute approximate surface area is 124 Å². The van der Waals surface area contributed by atoms with Gasteiger partial charge in [0, 0.05) is 12.7 Å². The zero-order chi connectivity index (χ0) is 14.8. The van der Waals surface area contributed by atoms with Gasteiger partial charge in [-0.15, -0.1) is 0 Å². The molecule has 0 atom stereocenters. The van der Waals surface area contributed by atoms with E-state index in [1.807, 2.05) is 18.2 Å². The number of aliphatic hydroxyl groups excluding tert-OH is 1. The van der Waals surface area contributed by atoms with E-state index >= 15 is 0 Å². The SMILES string of the molecule is COc1ccc(Cn2ccc3ccc(CO)c(C)c32)cc1. The molecule has 0 fully saturated rings. The first-order valence-electron chi connectivity index (χ1n) is 7.04. The molecule has 108 valence electrons. The first-order valence-corrected chi connectivity index (χ1v) is 7.04. The van der Waals surface area contributed by atoms with Crippen molar-refractivity contribution >= 4 is 10.9 Å². The number of fused-ring (bicyclic) bond motifs is 1. The van der Waals surface area contributed by atoms with E-state index in [-0.39, 0.29) is 6.61 Å². The van der Waals surface area contributed by atoms with E-state index in [0.29, 0.717) is 0 Å². The first-order chi connectivity index (χ1) is 10.2. The van der Waals surface area contributed by atoms with E-state index in [9.17, 15) is 5.11 Å². The average molecular weight is 281 g/mol. The van der Waals surface area contributed by atoms with Gasteiger partial charge in [-0.05, 0) is 47.2 Å². The monoisotopic (exact) mass is 281 g/mol. The molecule has 2 aromatic carbocycles. The molecule has 1 N–H and O–H groups in total. The zero-order valence-electron chi connectivity index (χ0n) is 12.3. The number of methoxy groups -OCH3 is 1. The molecule has 3 aromatic rings. The molecule has 0 aliphatic heterocycles. The quantitative estimate of drug-likeness (QED) is 0.794. The number of hydrogen-bond donors (Lipinski definition) is 1. The van der Waals surface area contributed by atoms with Gasteiger partial charge < -0.3 is 14.4 Å². The third-order valence-corrected chi connectivity index (χ3v) is 3.98. The van der Waals surface area contributed by atoms with Crippen molar-refractivity contribution in [3.63, 3.8) is 0 Å². The summed E-state index contributed by atoms with van der Waals surface area (Å²) in [5.74, 6) is 0.870. The highest BCUT2D eigenvalue weighted by Gasteiger charge is 2.08. The standard InChI is InChI=1S/C18H19NO2/c1-13-16(12-20)6-5-15-9-10-19(18(13)15)11-14-3-7-17(21-2)8-4-14/h3-10,20H,11-12H2,1-2H3. The highest BCUT2D eigenvalue weighted by atomic mass is 16.5. The number of hydrogen-bond acceptors (Lipinski definition) is 2. The summed E-state index contributed by atoms with van der Waals surface area (Å²) in [5.41, 5.74) is 4.55. The van der Waals surface area contributed by atoms with Gasteiger partial charge in [-0.1, -0.05) is 24.3 Å². The molecule has 21 heavy (non-hydrogen) atoms. The van der Waals surface area contributed by atoms with Crippen LogP contribution in [0.4, 0.5) is 0 Å². The molecule has 0 aliphatic carbocycles. The van der Waals surface area contributed by atoms with Gasteiger partial charge in [0.25, 0.3) is 0 Å². The number of aryl methyl sites for hydroxylation is 1. The van der Waals surface area contributed by atoms with Gasteiger partial charge in [-0.2, -0.15) is 0 Å². The van der Waals surface area contributed by atoms with Crippen LogP contribution in [0.3, 0.4) is 0 Å². The Bertz CT molecular complexity index is 757. The van der Waals surface area contributed by atoms with Gasteiger partial charge in [0.15, 0.2) is 0 Å². The minimum atomic E-state index is 0.0789. The lowest BCUT2D eigenvalue weighted by Crippen LogP contribution is -2.00. The molecule has 0 radical (unpaired) electrons. The molecule has 0 saturated carbocycles. The predicted octanol–water partition coefficient (Wildman–Crippen LogP) is 3.50. The first kappa shape index (κ1) is 13.7. The van der Waals surface area contributed by atoms with Crippen molar-refractivity contribution in [2.24, 2.45) is 0 Å². The van der Waals surface area contributed by atoms with Crippen LogP contribution in [0.15, 0.2) is 48.7 Å². The number of benzene rings is 2. The van der Waals surface area contributed by atoms with Crippen molar-refractivity contribution in [1.82, 2.24) is 4.57 Å². The molecule has 3 nitrogen and oxygen atoms in total. The van der Waals surface area contributed by atoms with Crippen LogP contribution in [0, 0.1) is 6.92 Å². The number of aromatic nitrogens is 1. The van der Waals surface area contributed by atoms with Crippen molar-refractivity contribution in [2.75, 3.05) is 7.11 Å². The van der Waals surface area contributed by atoms with Crippen molar-refractivity contribution in [1.29, 1.82) is 0 Å². The van der Waals surface area contributed by atoms with E-state index in [4.69, 9.17) is 4.74 Å². The molecule has 3 heteroatoms. The van der Waals surface area contributed by atoms with Crippen LogP contribution >= 0.6 is 0 Å². The summed E-state index contributed by atoms with van der Waals surface area (Å²) >= 11 is 0. The maximum atomic E-state index is 9.43. The van der Waals surface area contributed by atoms with Gasteiger partial charge in [0.2, 0.25) is 0 Å². The predicted molar refractivity (Wildman–Crippen MR) is 84.7 cm³/mol. The molecule has 0 aliphatic rings. The Morgan fingerprint density at radius 3 is 2.48 bits per heavy atom. The van der Waals surface area contributed by atoms with Crippen molar-refractivity contribution < 1.29 is 9.84 Å². The molecule has 0 unspecified atom stereocenters. The van der Waals surface area contributed by atoms with Gasteiger partial charge in [0.05, 0.1) is 19.2 Å². The number of ether oxygens (including phenoxy) is 1. The summed E-state index contributed by atoms with van der Waals surface area (Å²) in [7, 11) is 1.67. The van der Waals surface area contributed by atoms with Crippen molar-refractivity contribution in [3.05, 3.63) is 65.4 Å². The Morgan fingerprint density at radius 2 is 1.81 bits per heavy atom. The van der Waals surface area contributed by atoms with Crippen LogP contribution in [0.2, 0.25) is 0 Å². The summed E-state index contributed by atoms with van der Waals surface area (Å²) < 4.78 is 7.42. The van der Waals surface area contributed by atoms with Crippen LogP contribution in [0.25, 0.3) is 10.9 Å². The van der Waals surface area contributed by atoms with Crippen molar-refractivity contribution in [2.45, 2.75) is 20.1 Å². The summed E-state index contributed by atoms with van der Waals surface area (Å²) in [6, 6.07) is 14.3. The van der Waals surface area contributed by atoms with Crippen molar-refractivity contribution in [3.8, 4) is 5.75 Å². The fraction of sp³-hybridized carbons (Fsp3) is 0.222. The number of nitrogens with zero attached hydrogens (tertiary/aromatic N) is 1. The molecule has 1 aromatic heterocycles. The summed E-state index contributed by atoms with van der Waals surface area (Å²) in [4.78, 5) is 0. The molecule has 0 amide bonds. The molecular weight excluding hydrogens is 262 g/mol. The molecular formula is C18H19NO2. The number of rotatable bonds is 4. The van der Waals surface area contributed by atoms with Gasteiger partial charge in [0.1, 0.15) is 5.75 Å². The van der Waals surface area contributed by atoms with Crippen LogP contribution in [0.5, 0.6) is 5.75 Å². The summed E-state index contributed by atoms with van der Waals surface area (Å²) in [6.45, 7) is 2.96. The summed E-state index contributed by atoms with van der Waals surface area (Å²) in [5, 5.41) is 10.6. The lowest BCUT2D eigenvalue weighted by Gasteiger charge is -2.11. The second kappa shape index (κ2) is 5.62. The third-order valence-electron chi connectivity index (χ3n) is 3.98. The lowest BCUT2D eigenvalue weighted by molar-refractivity contribution is 0.281. The molecule has 3 rings (SSSR count). The van der Waals surface area contributed by atoms with E-state index < -0.39 is 0 Å². The van der Waals surface area contributed by atoms with E-state index in [2.05, 4.69) is 42.0 Å². The average Bonchev–Trinajstić information content (AvgIpc) is 2.92. The second-order valence-electron chi connectivity index (χ2n) is 5.24. The van der Waals surface area contributed by atoms with Crippen LogP contribution in [-0.4, -0.2) is 16.8 Å². The van der Waals surface area contributed by atoms with Crippen LogP contribution in [0.1, 0.15) is 16.7 Å². The summed E-state index contributed by atoms with van der Waals surface area (Å²) in [6.07, 6.45) is 2.10. The minimum Gasteiger partial charge on any atom is -0.497 e. The van der Waals surface area contributed by atoms with E-state index in [1.54, 1.807) is 7.11 Å². The maximum Gasteiger partial charge on any atom is 0.118 e. The largest absolute Gasteiger partial charge is 0.497 e. The normalized spacial score (nSPS) is 11.0. The Kier molecular flexibility index (Phi) is 3.67. The van der Waals surface area contributed by atoms with Gasteiger partial charge in [-0.3, -0.25) is 0 Å². The van der Waals surface area contributed by atoms with Crippen LogP contribution in [-0.2, 0) is 13.2 Å². The Balaban J connectivity index is 1.99. The fourth-order valence-corrected chi connectivity index (χ4v) is 2.75. The minimum absolute atomic E-state index is 0.0789. The topological polar surface area (TPSA) is 34.4 Å². The Morgan fingerprint density at radius 1 is 1.05 bits per heavy atom. The molecule has 1 heterocycles. The fourth-order valence-electron chi connectivity index (χ4n) is 2.75. The van der Waals surface area contributed by atoms with E-state index in [1.165, 1.54) is 16.5 Å². The van der Waals surface area contributed by atoms with E-state index in [0.717, 1.165) is 23.4 Å². The Hall–Kier alpha value is -2.26. The molecule has 0 spiro atoms. The molecule has 0 bridgehead atoms. The number of aliphatic hydroxyl groups is 1. The lowest BCUT2D eigenvalue weighted by atomic mass is 10.1. The van der Waals surface area contributed by atoms with Gasteiger partial charge in [-0.25, -0.2) is 0 Å². The highest BCUT2D eigenvalue weighted by molar-refractivity contribution is 5.84. The zero-order valence-corrected chi connectivity index (χ0v) is 12.3. The third kappa shape index (κ3) is 2.52. The van der Waals surface area contributed by atoms with Crippen LogP contribution < -0.4 is 4.74 Å². The smallest absolute Gasteiger partial charge is 0.118 e. The second-order valence-corrected chi connectivity index (χ2v) is 5.24.